The first-order valence-corrected chi connectivity index (χ1v) is 15.1. The molecule has 0 aliphatic rings. The summed E-state index contributed by atoms with van der Waals surface area (Å²) in [5.41, 5.74) is 6.80. The highest BCUT2D eigenvalue weighted by Crippen LogP contribution is 2.42. The molecule has 0 atom stereocenters. The van der Waals surface area contributed by atoms with Crippen molar-refractivity contribution < 1.29 is 4.42 Å². The molecule has 7 aromatic carbocycles. The number of furan rings is 1. The Morgan fingerprint density at radius 1 is 0.600 bits per heavy atom. The van der Waals surface area contributed by atoms with E-state index in [9.17, 15) is 0 Å². The van der Waals surface area contributed by atoms with Crippen LogP contribution in [0.15, 0.2) is 160 Å². The SMILES string of the molecule is N/N=C(\N=C(c1cccc(-c2ccccc2)c1)c1cccc2ccccc12)c1c(Cl)c2oc3ccccc3c2c2ccccc12. The lowest BCUT2D eigenvalue weighted by Crippen LogP contribution is -2.12. The van der Waals surface area contributed by atoms with Crippen molar-refractivity contribution in [3.63, 3.8) is 0 Å². The van der Waals surface area contributed by atoms with Gasteiger partial charge in [-0.3, -0.25) is 0 Å². The standard InChI is InChI=1S/C40H26ClN3O/c41-37-36(31-20-7-6-19-30(31)35-33-21-8-9-23-34(33)45-39(35)37)40(44-42)43-38(32-22-11-15-26-14-4-5-18-29(26)32)28-17-10-16-27(24-28)25-12-2-1-3-13-25/h1-24H,42H2/b43-38?,44-40-. The molecule has 214 valence electrons. The van der Waals surface area contributed by atoms with E-state index in [4.69, 9.17) is 26.9 Å². The molecule has 0 amide bonds. The Labute approximate surface area is 264 Å². The van der Waals surface area contributed by atoms with Crippen molar-refractivity contribution in [2.24, 2.45) is 15.9 Å². The molecule has 0 bridgehead atoms. The van der Waals surface area contributed by atoms with Crippen LogP contribution in [-0.4, -0.2) is 11.5 Å². The molecule has 1 aromatic heterocycles. The Hall–Kier alpha value is -5.71. The van der Waals surface area contributed by atoms with Gasteiger partial charge in [0.15, 0.2) is 11.4 Å². The molecule has 8 aromatic rings. The number of aliphatic imine (C=N–C) groups is 1. The molecular weight excluding hydrogens is 574 g/mol. The maximum Gasteiger partial charge on any atom is 0.181 e. The largest absolute Gasteiger partial charge is 0.454 e. The minimum absolute atomic E-state index is 0.312. The third-order valence-electron chi connectivity index (χ3n) is 8.33. The number of nitrogens with zero attached hydrogens (tertiary/aromatic N) is 2. The first kappa shape index (κ1) is 26.9. The molecule has 0 radical (unpaired) electrons. The highest BCUT2D eigenvalue weighted by atomic mass is 35.5. The molecular formula is C40H26ClN3O. The Morgan fingerprint density at radius 2 is 1.24 bits per heavy atom. The van der Waals surface area contributed by atoms with Crippen molar-refractivity contribution in [2.45, 2.75) is 0 Å². The lowest BCUT2D eigenvalue weighted by Gasteiger charge is -2.15. The minimum Gasteiger partial charge on any atom is -0.454 e. The van der Waals surface area contributed by atoms with Crippen molar-refractivity contribution in [1.82, 2.24) is 0 Å². The summed E-state index contributed by atoms with van der Waals surface area (Å²) < 4.78 is 6.35. The predicted molar refractivity (Wildman–Crippen MR) is 188 cm³/mol. The second-order valence-corrected chi connectivity index (χ2v) is 11.3. The minimum atomic E-state index is 0.312. The summed E-state index contributed by atoms with van der Waals surface area (Å²) in [5, 5.41) is 10.7. The first-order chi connectivity index (χ1) is 22.2. The summed E-state index contributed by atoms with van der Waals surface area (Å²) in [7, 11) is 0. The average Bonchev–Trinajstić information content (AvgIpc) is 3.50. The number of halogens is 1. The predicted octanol–water partition coefficient (Wildman–Crippen LogP) is 10.4. The van der Waals surface area contributed by atoms with Gasteiger partial charge < -0.3 is 10.3 Å². The molecule has 8 rings (SSSR count). The van der Waals surface area contributed by atoms with E-state index in [1.165, 1.54) is 0 Å². The van der Waals surface area contributed by atoms with Gasteiger partial charge in [0, 0.05) is 21.9 Å². The van der Waals surface area contributed by atoms with E-state index >= 15 is 0 Å². The van der Waals surface area contributed by atoms with Crippen molar-refractivity contribution in [3.05, 3.63) is 167 Å². The summed E-state index contributed by atoms with van der Waals surface area (Å²) in [6, 6.07) is 49.4. The topological polar surface area (TPSA) is 63.9 Å². The second-order valence-electron chi connectivity index (χ2n) is 10.9. The number of benzene rings is 7. The molecule has 45 heavy (non-hydrogen) atoms. The van der Waals surface area contributed by atoms with E-state index in [-0.39, 0.29) is 0 Å². The fourth-order valence-corrected chi connectivity index (χ4v) is 6.60. The van der Waals surface area contributed by atoms with Gasteiger partial charge in [0.25, 0.3) is 0 Å². The molecule has 0 saturated heterocycles. The van der Waals surface area contributed by atoms with Crippen LogP contribution < -0.4 is 5.84 Å². The maximum absolute atomic E-state index is 7.24. The highest BCUT2D eigenvalue weighted by molar-refractivity contribution is 6.43. The smallest absolute Gasteiger partial charge is 0.181 e. The van der Waals surface area contributed by atoms with Crippen molar-refractivity contribution in [1.29, 1.82) is 0 Å². The summed E-state index contributed by atoms with van der Waals surface area (Å²) >= 11 is 7.24. The zero-order valence-corrected chi connectivity index (χ0v) is 24.9. The molecule has 0 aliphatic heterocycles. The molecule has 4 nitrogen and oxygen atoms in total. The van der Waals surface area contributed by atoms with Gasteiger partial charge in [-0.05, 0) is 44.8 Å². The molecule has 2 N–H and O–H groups in total. The van der Waals surface area contributed by atoms with Gasteiger partial charge in [-0.25, -0.2) is 4.99 Å². The molecule has 0 saturated carbocycles. The van der Waals surface area contributed by atoms with Gasteiger partial charge in [0.05, 0.1) is 16.3 Å². The van der Waals surface area contributed by atoms with Crippen LogP contribution in [0.1, 0.15) is 16.7 Å². The molecule has 0 fully saturated rings. The van der Waals surface area contributed by atoms with E-state index in [1.807, 2.05) is 66.7 Å². The Balaban J connectivity index is 1.42. The third kappa shape index (κ3) is 4.55. The summed E-state index contributed by atoms with van der Waals surface area (Å²) in [6.07, 6.45) is 0. The van der Waals surface area contributed by atoms with Crippen LogP contribution in [0.2, 0.25) is 5.02 Å². The van der Waals surface area contributed by atoms with E-state index < -0.39 is 0 Å². The van der Waals surface area contributed by atoms with Crippen LogP contribution in [-0.2, 0) is 0 Å². The fourth-order valence-electron chi connectivity index (χ4n) is 6.28. The summed E-state index contributed by atoms with van der Waals surface area (Å²) in [5.74, 6) is 6.53. The van der Waals surface area contributed by atoms with Crippen molar-refractivity contribution in [3.8, 4) is 11.1 Å². The van der Waals surface area contributed by atoms with Gasteiger partial charge in [-0.1, -0.05) is 145 Å². The van der Waals surface area contributed by atoms with E-state index in [1.54, 1.807) is 0 Å². The molecule has 0 spiro atoms. The first-order valence-electron chi connectivity index (χ1n) is 14.7. The molecule has 5 heteroatoms. The number of hydrogen-bond acceptors (Lipinski definition) is 3. The number of fused-ring (bicyclic) bond motifs is 6. The molecule has 0 unspecified atom stereocenters. The number of hydrogen-bond donors (Lipinski definition) is 1. The second kappa shape index (κ2) is 11.1. The van der Waals surface area contributed by atoms with E-state index in [0.717, 1.165) is 65.9 Å². The molecule has 1 heterocycles. The highest BCUT2D eigenvalue weighted by Gasteiger charge is 2.23. The van der Waals surface area contributed by atoms with Crippen LogP contribution in [0.3, 0.4) is 0 Å². The summed E-state index contributed by atoms with van der Waals surface area (Å²) in [6.45, 7) is 0. The maximum atomic E-state index is 7.24. The quantitative estimate of drug-likeness (QED) is 0.0946. The number of amidine groups is 1. The van der Waals surface area contributed by atoms with Gasteiger partial charge >= 0.3 is 0 Å². The van der Waals surface area contributed by atoms with Crippen molar-refractivity contribution in [2.75, 3.05) is 0 Å². The van der Waals surface area contributed by atoms with Crippen molar-refractivity contribution >= 4 is 66.6 Å². The average molecular weight is 600 g/mol. The Kier molecular flexibility index (Phi) is 6.63. The van der Waals surface area contributed by atoms with Gasteiger partial charge in [0.2, 0.25) is 0 Å². The van der Waals surface area contributed by atoms with Crippen LogP contribution in [0.4, 0.5) is 0 Å². The number of hydrazone groups is 1. The lowest BCUT2D eigenvalue weighted by atomic mass is 9.93. The van der Waals surface area contributed by atoms with Crippen LogP contribution in [0, 0.1) is 0 Å². The monoisotopic (exact) mass is 599 g/mol. The zero-order valence-electron chi connectivity index (χ0n) is 24.1. The van der Waals surface area contributed by atoms with E-state index in [2.05, 4.69) is 84.0 Å². The fraction of sp³-hybridized carbons (Fsp3) is 0. The number of para-hydroxylation sites is 1. The number of nitrogens with two attached hydrogens (primary N) is 1. The van der Waals surface area contributed by atoms with E-state index in [0.29, 0.717) is 22.0 Å². The van der Waals surface area contributed by atoms with Crippen LogP contribution in [0.25, 0.3) is 54.6 Å². The van der Waals surface area contributed by atoms with Gasteiger partial charge in [0.1, 0.15) is 5.58 Å². The molecule has 0 aliphatic carbocycles. The summed E-state index contributed by atoms with van der Waals surface area (Å²) in [4.78, 5) is 5.28. The van der Waals surface area contributed by atoms with Gasteiger partial charge in [-0.15, -0.1) is 0 Å². The van der Waals surface area contributed by atoms with Crippen LogP contribution in [0.5, 0.6) is 0 Å². The number of rotatable bonds is 4. The Morgan fingerprint density at radius 3 is 2.07 bits per heavy atom. The van der Waals surface area contributed by atoms with Gasteiger partial charge in [-0.2, -0.15) is 5.10 Å². The Bertz CT molecular complexity index is 2450. The zero-order chi connectivity index (χ0) is 30.3. The normalized spacial score (nSPS) is 12.5. The van der Waals surface area contributed by atoms with Crippen LogP contribution >= 0.6 is 11.6 Å². The third-order valence-corrected chi connectivity index (χ3v) is 8.69. The lowest BCUT2D eigenvalue weighted by molar-refractivity contribution is 0.669.